The molecule has 6 nitrogen and oxygen atoms in total. The van der Waals surface area contributed by atoms with Crippen molar-refractivity contribution in [1.29, 1.82) is 0 Å². The Bertz CT molecular complexity index is 432. The fraction of sp³-hybridized carbons (Fsp3) is 0.846. The molecule has 6 heteroatoms. The Hall–Kier alpha value is -1.14. The lowest BCUT2D eigenvalue weighted by atomic mass is 9.80. The van der Waals surface area contributed by atoms with Crippen LogP contribution in [0, 0.1) is 5.41 Å². The molecule has 0 aromatic carbocycles. The lowest BCUT2D eigenvalue weighted by molar-refractivity contribution is 0.0718. The van der Waals surface area contributed by atoms with Crippen molar-refractivity contribution in [3.8, 4) is 0 Å². The number of nitrogens with one attached hydrogen (secondary N) is 1. The lowest BCUT2D eigenvalue weighted by Crippen LogP contribution is -2.42. The summed E-state index contributed by atoms with van der Waals surface area (Å²) in [6.45, 7) is 4.94. The van der Waals surface area contributed by atoms with Crippen LogP contribution in [0.25, 0.3) is 0 Å². The smallest absolute Gasteiger partial charge is 0.244 e. The number of aliphatic hydroxyl groups is 1. The van der Waals surface area contributed by atoms with Gasteiger partial charge in [0, 0.05) is 19.0 Å². The molecule has 19 heavy (non-hydrogen) atoms. The summed E-state index contributed by atoms with van der Waals surface area (Å²) in [4.78, 5) is 6.81. The number of nitrogens with two attached hydrogens (primary N) is 1. The minimum atomic E-state index is -0.154. The van der Waals surface area contributed by atoms with E-state index in [-0.39, 0.29) is 11.5 Å². The van der Waals surface area contributed by atoms with Gasteiger partial charge in [-0.05, 0) is 37.6 Å². The SMILES string of the molecule is CC1(CN)CCN(c2n[nH]c(C3CC(O)C3)n2)CC1. The lowest BCUT2D eigenvalue weighted by Gasteiger charge is -2.38. The normalized spacial score (nSPS) is 30.2. The molecule has 1 aromatic heterocycles. The highest BCUT2D eigenvalue weighted by Crippen LogP contribution is 2.36. The van der Waals surface area contributed by atoms with Gasteiger partial charge in [-0.25, -0.2) is 0 Å². The molecule has 1 saturated carbocycles. The van der Waals surface area contributed by atoms with Gasteiger partial charge in [0.1, 0.15) is 5.82 Å². The summed E-state index contributed by atoms with van der Waals surface area (Å²) >= 11 is 0. The average Bonchev–Trinajstić information content (AvgIpc) is 2.85. The first-order valence-electron chi connectivity index (χ1n) is 7.15. The molecule has 0 radical (unpaired) electrons. The second-order valence-electron chi connectivity index (χ2n) is 6.34. The standard InChI is InChI=1S/C13H23N5O/c1-13(8-14)2-4-18(5-3-13)12-15-11(16-17-12)9-6-10(19)7-9/h9-10,19H,2-8,14H2,1H3,(H,15,16,17). The third-order valence-electron chi connectivity index (χ3n) is 4.74. The molecule has 106 valence electrons. The number of hydrogen-bond acceptors (Lipinski definition) is 5. The second-order valence-corrected chi connectivity index (χ2v) is 6.34. The molecule has 2 heterocycles. The molecule has 0 bridgehead atoms. The van der Waals surface area contributed by atoms with Gasteiger partial charge in [0.2, 0.25) is 5.95 Å². The predicted octanol–water partition coefficient (Wildman–Crippen LogP) is 0.608. The van der Waals surface area contributed by atoms with Crippen LogP contribution < -0.4 is 10.6 Å². The Kier molecular flexibility index (Phi) is 3.22. The van der Waals surface area contributed by atoms with Crippen LogP contribution in [0.5, 0.6) is 0 Å². The van der Waals surface area contributed by atoms with Crippen molar-refractivity contribution in [2.24, 2.45) is 11.1 Å². The maximum absolute atomic E-state index is 9.34. The highest BCUT2D eigenvalue weighted by atomic mass is 16.3. The van der Waals surface area contributed by atoms with Crippen molar-refractivity contribution in [2.45, 2.75) is 44.6 Å². The fourth-order valence-electron chi connectivity index (χ4n) is 2.85. The molecular formula is C13H23N5O. The molecule has 1 saturated heterocycles. The molecule has 3 rings (SSSR count). The van der Waals surface area contributed by atoms with Crippen molar-refractivity contribution < 1.29 is 5.11 Å². The molecule has 1 aromatic rings. The van der Waals surface area contributed by atoms with E-state index in [1.807, 2.05) is 0 Å². The summed E-state index contributed by atoms with van der Waals surface area (Å²) in [6.07, 6.45) is 3.64. The van der Waals surface area contributed by atoms with Crippen LogP contribution >= 0.6 is 0 Å². The van der Waals surface area contributed by atoms with E-state index in [0.717, 1.165) is 57.1 Å². The maximum Gasteiger partial charge on any atom is 0.244 e. The topological polar surface area (TPSA) is 91.1 Å². The van der Waals surface area contributed by atoms with Crippen molar-refractivity contribution in [1.82, 2.24) is 15.2 Å². The van der Waals surface area contributed by atoms with E-state index in [1.165, 1.54) is 0 Å². The number of H-pyrrole nitrogens is 1. The highest BCUT2D eigenvalue weighted by Gasteiger charge is 2.33. The molecule has 0 amide bonds. The van der Waals surface area contributed by atoms with Gasteiger partial charge in [-0.15, -0.1) is 5.10 Å². The number of nitrogens with zero attached hydrogens (tertiary/aromatic N) is 3. The molecule has 1 aliphatic carbocycles. The number of aromatic amines is 1. The van der Waals surface area contributed by atoms with Crippen LogP contribution in [-0.4, -0.2) is 46.0 Å². The van der Waals surface area contributed by atoms with Crippen molar-refractivity contribution in [3.05, 3.63) is 5.82 Å². The van der Waals surface area contributed by atoms with Gasteiger partial charge in [0.15, 0.2) is 0 Å². The van der Waals surface area contributed by atoms with Crippen LogP contribution in [0.1, 0.15) is 44.3 Å². The Labute approximate surface area is 113 Å². The number of anilines is 1. The number of hydrogen-bond donors (Lipinski definition) is 3. The van der Waals surface area contributed by atoms with Crippen molar-refractivity contribution in [2.75, 3.05) is 24.5 Å². The van der Waals surface area contributed by atoms with E-state index >= 15 is 0 Å². The van der Waals surface area contributed by atoms with E-state index in [4.69, 9.17) is 5.73 Å². The zero-order valence-electron chi connectivity index (χ0n) is 11.5. The van der Waals surface area contributed by atoms with Gasteiger partial charge in [-0.2, -0.15) is 4.98 Å². The van der Waals surface area contributed by atoms with Crippen LogP contribution in [0.2, 0.25) is 0 Å². The Morgan fingerprint density at radius 1 is 1.42 bits per heavy atom. The molecule has 2 fully saturated rings. The van der Waals surface area contributed by atoms with E-state index < -0.39 is 0 Å². The van der Waals surface area contributed by atoms with Crippen LogP contribution in [0.3, 0.4) is 0 Å². The minimum absolute atomic E-state index is 0.154. The molecule has 0 unspecified atom stereocenters. The molecule has 0 spiro atoms. The van der Waals surface area contributed by atoms with E-state index in [0.29, 0.717) is 5.92 Å². The van der Waals surface area contributed by atoms with E-state index in [2.05, 4.69) is 27.0 Å². The zero-order chi connectivity index (χ0) is 13.5. The van der Waals surface area contributed by atoms with Gasteiger partial charge in [-0.3, -0.25) is 5.10 Å². The summed E-state index contributed by atoms with van der Waals surface area (Å²) < 4.78 is 0. The first kappa shape index (κ1) is 12.9. The number of rotatable bonds is 3. The zero-order valence-corrected chi connectivity index (χ0v) is 11.5. The van der Waals surface area contributed by atoms with E-state index in [9.17, 15) is 5.11 Å². The number of piperidine rings is 1. The summed E-state index contributed by atoms with van der Waals surface area (Å²) in [5, 5.41) is 16.7. The third kappa shape index (κ3) is 2.47. The van der Waals surface area contributed by atoms with Crippen LogP contribution in [0.4, 0.5) is 5.95 Å². The van der Waals surface area contributed by atoms with Gasteiger partial charge < -0.3 is 15.7 Å². The molecule has 0 atom stereocenters. The third-order valence-corrected chi connectivity index (χ3v) is 4.74. The van der Waals surface area contributed by atoms with Crippen LogP contribution in [-0.2, 0) is 0 Å². The first-order chi connectivity index (χ1) is 9.09. The molecule has 2 aliphatic rings. The maximum atomic E-state index is 9.34. The largest absolute Gasteiger partial charge is 0.393 e. The fourth-order valence-corrected chi connectivity index (χ4v) is 2.85. The highest BCUT2D eigenvalue weighted by molar-refractivity contribution is 5.30. The number of aliphatic hydroxyl groups excluding tert-OH is 1. The molecular weight excluding hydrogens is 242 g/mol. The van der Waals surface area contributed by atoms with Crippen LogP contribution in [0.15, 0.2) is 0 Å². The quantitative estimate of drug-likeness (QED) is 0.745. The van der Waals surface area contributed by atoms with Gasteiger partial charge in [-0.1, -0.05) is 6.92 Å². The molecule has 1 aliphatic heterocycles. The Morgan fingerprint density at radius 2 is 2.11 bits per heavy atom. The van der Waals surface area contributed by atoms with E-state index in [1.54, 1.807) is 0 Å². The molecule has 4 N–H and O–H groups in total. The van der Waals surface area contributed by atoms with Crippen molar-refractivity contribution >= 4 is 5.95 Å². The Balaban J connectivity index is 1.61. The Morgan fingerprint density at radius 3 is 2.68 bits per heavy atom. The first-order valence-corrected chi connectivity index (χ1v) is 7.15. The van der Waals surface area contributed by atoms with Gasteiger partial charge in [0.25, 0.3) is 0 Å². The number of aromatic nitrogens is 3. The van der Waals surface area contributed by atoms with Gasteiger partial charge in [0.05, 0.1) is 6.10 Å². The average molecular weight is 265 g/mol. The monoisotopic (exact) mass is 265 g/mol. The van der Waals surface area contributed by atoms with Gasteiger partial charge >= 0.3 is 0 Å². The second kappa shape index (κ2) is 4.76. The summed E-state index contributed by atoms with van der Waals surface area (Å²) in [7, 11) is 0. The summed E-state index contributed by atoms with van der Waals surface area (Å²) in [6, 6.07) is 0. The summed E-state index contributed by atoms with van der Waals surface area (Å²) in [5.74, 6) is 2.08. The minimum Gasteiger partial charge on any atom is -0.393 e. The summed E-state index contributed by atoms with van der Waals surface area (Å²) in [5.41, 5.74) is 6.10. The van der Waals surface area contributed by atoms with Crippen molar-refractivity contribution in [3.63, 3.8) is 0 Å². The predicted molar refractivity (Wildman–Crippen MR) is 73.0 cm³/mol.